The average Bonchev–Trinajstić information content (AvgIpc) is 3.04. The second-order valence-electron chi connectivity index (χ2n) is 9.67. The smallest absolute Gasteiger partial charge is 0.295 e. The van der Waals surface area contributed by atoms with Gasteiger partial charge >= 0.3 is 0 Å². The second kappa shape index (κ2) is 9.59. The Morgan fingerprint density at radius 3 is 2.40 bits per heavy atom. The number of benzene rings is 3. The molecule has 0 saturated carbocycles. The number of carbonyl (C=O) groups is 2. The molecule has 0 spiro atoms. The predicted octanol–water partition coefficient (Wildman–Crippen LogP) is 6.45. The molecule has 1 atom stereocenters. The fourth-order valence-electron chi connectivity index (χ4n) is 4.27. The molecule has 1 unspecified atom stereocenters. The molecule has 1 fully saturated rings. The highest BCUT2D eigenvalue weighted by molar-refractivity contribution is 6.46. The molecule has 1 aliphatic heterocycles. The van der Waals surface area contributed by atoms with Crippen molar-refractivity contribution in [3.63, 3.8) is 0 Å². The summed E-state index contributed by atoms with van der Waals surface area (Å²) in [7, 11) is 0. The number of carbonyl (C=O) groups excluding carboxylic acids is 2. The lowest BCUT2D eigenvalue weighted by molar-refractivity contribution is -0.140. The topological polar surface area (TPSA) is 66.8 Å². The zero-order chi connectivity index (χ0) is 25.3. The van der Waals surface area contributed by atoms with Crippen molar-refractivity contribution in [2.45, 2.75) is 45.9 Å². The van der Waals surface area contributed by atoms with E-state index in [9.17, 15) is 14.7 Å². The van der Waals surface area contributed by atoms with Crippen LogP contribution in [0.5, 0.6) is 5.75 Å². The van der Waals surface area contributed by atoms with Gasteiger partial charge in [-0.1, -0.05) is 71.8 Å². The fraction of sp³-hybridized carbons (Fsp3) is 0.241. The molecule has 3 aromatic rings. The lowest BCUT2D eigenvalue weighted by Crippen LogP contribution is -2.30. The molecule has 180 valence electrons. The third kappa shape index (κ3) is 5.25. The van der Waals surface area contributed by atoms with Gasteiger partial charge in [0.05, 0.1) is 18.2 Å². The number of amides is 1. The zero-order valence-electron chi connectivity index (χ0n) is 20.2. The van der Waals surface area contributed by atoms with Crippen molar-refractivity contribution in [2.24, 2.45) is 0 Å². The number of ether oxygens (including phenoxy) is 1. The molecule has 1 heterocycles. The molecule has 3 aromatic carbocycles. The molecular formula is C29H28ClNO4. The summed E-state index contributed by atoms with van der Waals surface area (Å²) in [6, 6.07) is 20.9. The summed E-state index contributed by atoms with van der Waals surface area (Å²) in [6.45, 7) is 7.94. The van der Waals surface area contributed by atoms with E-state index in [1.165, 1.54) is 4.90 Å². The molecule has 1 amide bonds. The van der Waals surface area contributed by atoms with Gasteiger partial charge in [0.1, 0.15) is 17.1 Å². The number of halogens is 1. The Hall–Kier alpha value is -3.57. The summed E-state index contributed by atoms with van der Waals surface area (Å²) in [4.78, 5) is 28.2. The van der Waals surface area contributed by atoms with Gasteiger partial charge in [-0.15, -0.1) is 0 Å². The van der Waals surface area contributed by atoms with E-state index in [-0.39, 0.29) is 17.9 Å². The van der Waals surface area contributed by atoms with Gasteiger partial charge in [0.2, 0.25) is 0 Å². The first-order valence-corrected chi connectivity index (χ1v) is 11.8. The average molecular weight is 490 g/mol. The predicted molar refractivity (Wildman–Crippen MR) is 137 cm³/mol. The zero-order valence-corrected chi connectivity index (χ0v) is 21.0. The number of para-hydroxylation sites is 1. The third-order valence-corrected chi connectivity index (χ3v) is 5.96. The van der Waals surface area contributed by atoms with Crippen LogP contribution in [-0.4, -0.2) is 27.3 Å². The molecule has 6 heteroatoms. The van der Waals surface area contributed by atoms with Gasteiger partial charge in [0.25, 0.3) is 11.7 Å². The minimum Gasteiger partial charge on any atom is -0.507 e. The van der Waals surface area contributed by atoms with Crippen molar-refractivity contribution in [3.05, 3.63) is 106 Å². The number of aliphatic hydroxyl groups is 1. The number of nitrogens with zero attached hydrogens (tertiary/aromatic N) is 1. The molecular weight excluding hydrogens is 462 g/mol. The Morgan fingerprint density at radius 2 is 1.71 bits per heavy atom. The number of hydrogen-bond acceptors (Lipinski definition) is 4. The van der Waals surface area contributed by atoms with E-state index in [1.54, 1.807) is 24.3 Å². The SMILES string of the molecule is Cc1cccc(C2/C(=C(\O)c3cccc(Cl)c3)C(=O)C(=O)N2Cc2ccccc2OC(C)(C)C)c1. The van der Waals surface area contributed by atoms with E-state index < -0.39 is 23.3 Å². The number of Topliss-reactive ketones (excluding diaryl/α,β-unsaturated/α-hetero) is 1. The second-order valence-corrected chi connectivity index (χ2v) is 10.1. The molecule has 1 N–H and O–H groups in total. The highest BCUT2D eigenvalue weighted by atomic mass is 35.5. The Kier molecular flexibility index (Phi) is 6.73. The number of likely N-dealkylation sites (tertiary alicyclic amines) is 1. The van der Waals surface area contributed by atoms with E-state index in [0.29, 0.717) is 16.3 Å². The number of aliphatic hydroxyl groups excluding tert-OH is 1. The maximum atomic E-state index is 13.4. The van der Waals surface area contributed by atoms with Crippen molar-refractivity contribution < 1.29 is 19.4 Å². The van der Waals surface area contributed by atoms with Crippen molar-refractivity contribution in [3.8, 4) is 5.75 Å². The Bertz CT molecular complexity index is 1320. The molecule has 0 radical (unpaired) electrons. The summed E-state index contributed by atoms with van der Waals surface area (Å²) in [6.07, 6.45) is 0. The lowest BCUT2D eigenvalue weighted by Gasteiger charge is -2.28. The minimum absolute atomic E-state index is 0.0390. The van der Waals surface area contributed by atoms with Crippen LogP contribution >= 0.6 is 11.6 Å². The van der Waals surface area contributed by atoms with Crippen molar-refractivity contribution in [2.75, 3.05) is 0 Å². The first kappa shape index (κ1) is 24.6. The van der Waals surface area contributed by atoms with Crippen LogP contribution in [0.4, 0.5) is 0 Å². The number of rotatable bonds is 5. The van der Waals surface area contributed by atoms with Crippen LogP contribution in [0.15, 0.2) is 78.4 Å². The van der Waals surface area contributed by atoms with Crippen molar-refractivity contribution in [1.82, 2.24) is 4.90 Å². The number of aryl methyl sites for hydroxylation is 1. The van der Waals surface area contributed by atoms with Crippen LogP contribution in [0.3, 0.4) is 0 Å². The maximum absolute atomic E-state index is 13.4. The maximum Gasteiger partial charge on any atom is 0.295 e. The first-order valence-electron chi connectivity index (χ1n) is 11.4. The van der Waals surface area contributed by atoms with E-state index in [1.807, 2.05) is 76.2 Å². The monoisotopic (exact) mass is 489 g/mol. The quantitative estimate of drug-likeness (QED) is 0.254. The van der Waals surface area contributed by atoms with Gasteiger partial charge in [-0.3, -0.25) is 9.59 Å². The van der Waals surface area contributed by atoms with Gasteiger partial charge in [-0.05, 0) is 51.5 Å². The number of hydrogen-bond donors (Lipinski definition) is 1. The summed E-state index contributed by atoms with van der Waals surface area (Å²) in [5, 5.41) is 11.6. The largest absolute Gasteiger partial charge is 0.507 e. The standard InChI is InChI=1S/C29H28ClNO4/c1-18-9-7-11-19(15-18)25-24(26(32)20-12-8-13-22(30)16-20)27(33)28(34)31(25)17-21-10-5-6-14-23(21)35-29(2,3)4/h5-16,25,32H,17H2,1-4H3/b26-24+. The summed E-state index contributed by atoms with van der Waals surface area (Å²) in [5.74, 6) is -1.02. The molecule has 35 heavy (non-hydrogen) atoms. The summed E-state index contributed by atoms with van der Waals surface area (Å²) < 4.78 is 6.12. The fourth-order valence-corrected chi connectivity index (χ4v) is 4.46. The van der Waals surface area contributed by atoms with E-state index in [2.05, 4.69) is 0 Å². The van der Waals surface area contributed by atoms with Crippen LogP contribution in [0.1, 0.15) is 49.1 Å². The number of ketones is 1. The highest BCUT2D eigenvalue weighted by Gasteiger charge is 2.46. The van der Waals surface area contributed by atoms with Gasteiger partial charge in [0.15, 0.2) is 0 Å². The van der Waals surface area contributed by atoms with E-state index >= 15 is 0 Å². The van der Waals surface area contributed by atoms with Crippen LogP contribution in [0, 0.1) is 6.92 Å². The minimum atomic E-state index is -0.767. The molecule has 1 saturated heterocycles. The Morgan fingerprint density at radius 1 is 1.00 bits per heavy atom. The van der Waals surface area contributed by atoms with E-state index in [4.69, 9.17) is 16.3 Å². The summed E-state index contributed by atoms with van der Waals surface area (Å²) >= 11 is 6.13. The van der Waals surface area contributed by atoms with Crippen molar-refractivity contribution in [1.29, 1.82) is 0 Å². The molecule has 0 bridgehead atoms. The van der Waals surface area contributed by atoms with Crippen LogP contribution in [0.2, 0.25) is 5.02 Å². The molecule has 1 aliphatic rings. The highest BCUT2D eigenvalue weighted by Crippen LogP contribution is 2.41. The molecule has 0 aromatic heterocycles. The van der Waals surface area contributed by atoms with Crippen LogP contribution in [-0.2, 0) is 16.1 Å². The van der Waals surface area contributed by atoms with Gasteiger partial charge in [-0.2, -0.15) is 0 Å². The van der Waals surface area contributed by atoms with Crippen molar-refractivity contribution >= 4 is 29.1 Å². The van der Waals surface area contributed by atoms with E-state index in [0.717, 1.165) is 16.7 Å². The van der Waals surface area contributed by atoms with Gasteiger partial charge < -0.3 is 14.7 Å². The normalized spacial score (nSPS) is 17.6. The Balaban J connectivity index is 1.86. The summed E-state index contributed by atoms with van der Waals surface area (Å²) in [5.41, 5.74) is 2.47. The molecule has 5 nitrogen and oxygen atoms in total. The first-order chi connectivity index (χ1) is 16.5. The lowest BCUT2D eigenvalue weighted by atomic mass is 9.94. The Labute approximate surface area is 210 Å². The van der Waals surface area contributed by atoms with Crippen LogP contribution < -0.4 is 4.74 Å². The van der Waals surface area contributed by atoms with Gasteiger partial charge in [-0.25, -0.2) is 0 Å². The van der Waals surface area contributed by atoms with Gasteiger partial charge in [0, 0.05) is 16.1 Å². The molecule has 0 aliphatic carbocycles. The third-order valence-electron chi connectivity index (χ3n) is 5.73. The molecule has 4 rings (SSSR count). The van der Waals surface area contributed by atoms with Crippen LogP contribution in [0.25, 0.3) is 5.76 Å².